The highest BCUT2D eigenvalue weighted by atomic mass is 79.9. The molecule has 0 saturated heterocycles. The largest absolute Gasteiger partial charge is 0.340 e. The molecule has 0 spiro atoms. The van der Waals surface area contributed by atoms with E-state index < -0.39 is 0 Å². The Kier molecular flexibility index (Phi) is 3.62. The monoisotopic (exact) mass is 244 g/mol. The van der Waals surface area contributed by atoms with Crippen LogP contribution in [0.25, 0.3) is 0 Å². The van der Waals surface area contributed by atoms with Crippen molar-refractivity contribution in [3.05, 3.63) is 16.9 Å². The Morgan fingerprint density at radius 3 is 2.54 bits per heavy atom. The predicted octanol–water partition coefficient (Wildman–Crippen LogP) is 1.02. The summed E-state index contributed by atoms with van der Waals surface area (Å²) >= 11 is 3.28. The molecule has 0 fully saturated rings. The average molecular weight is 245 g/mol. The number of likely N-dealkylation sites (N-methyl/N-ethyl adjacent to an activating group) is 1. The smallest absolute Gasteiger partial charge is 0.225 e. The lowest BCUT2D eigenvalue weighted by Crippen LogP contribution is -2.36. The third-order valence-electron chi connectivity index (χ3n) is 1.92. The van der Waals surface area contributed by atoms with E-state index in [0.29, 0.717) is 12.5 Å². The van der Waals surface area contributed by atoms with Crippen LogP contribution in [0.3, 0.4) is 0 Å². The first-order valence-electron chi connectivity index (χ1n) is 4.05. The van der Waals surface area contributed by atoms with Gasteiger partial charge in [0, 0.05) is 32.0 Å². The van der Waals surface area contributed by atoms with Gasteiger partial charge in [-0.3, -0.25) is 0 Å². The third kappa shape index (κ3) is 2.63. The van der Waals surface area contributed by atoms with Gasteiger partial charge in [0.1, 0.15) is 0 Å². The van der Waals surface area contributed by atoms with E-state index in [0.717, 1.165) is 4.47 Å². The van der Waals surface area contributed by atoms with Crippen LogP contribution in [0.1, 0.15) is 6.92 Å². The van der Waals surface area contributed by atoms with E-state index in [1.165, 1.54) is 0 Å². The Labute approximate surface area is 86.3 Å². The van der Waals surface area contributed by atoms with E-state index in [1.807, 2.05) is 18.9 Å². The number of anilines is 1. The lowest BCUT2D eigenvalue weighted by atomic mass is 10.3. The molecule has 4 nitrogen and oxygen atoms in total. The van der Waals surface area contributed by atoms with E-state index in [-0.39, 0.29) is 6.04 Å². The van der Waals surface area contributed by atoms with Crippen LogP contribution in [0.5, 0.6) is 0 Å². The van der Waals surface area contributed by atoms with Gasteiger partial charge in [-0.25, -0.2) is 9.97 Å². The van der Waals surface area contributed by atoms with E-state index in [1.54, 1.807) is 12.4 Å². The molecule has 0 aromatic carbocycles. The Morgan fingerprint density at radius 2 is 2.08 bits per heavy atom. The number of nitrogens with zero attached hydrogens (tertiary/aromatic N) is 3. The topological polar surface area (TPSA) is 55.0 Å². The van der Waals surface area contributed by atoms with Crippen molar-refractivity contribution >= 4 is 21.9 Å². The Bertz CT molecular complexity index is 261. The van der Waals surface area contributed by atoms with Crippen LogP contribution in [0.15, 0.2) is 16.9 Å². The first kappa shape index (κ1) is 10.4. The normalized spacial score (nSPS) is 12.6. The van der Waals surface area contributed by atoms with Crippen LogP contribution in [0.2, 0.25) is 0 Å². The third-order valence-corrected chi connectivity index (χ3v) is 2.33. The van der Waals surface area contributed by atoms with Crippen LogP contribution in [0.4, 0.5) is 5.95 Å². The highest BCUT2D eigenvalue weighted by molar-refractivity contribution is 9.10. The Morgan fingerprint density at radius 1 is 1.54 bits per heavy atom. The average Bonchev–Trinajstić information content (AvgIpc) is 2.17. The van der Waals surface area contributed by atoms with Gasteiger partial charge >= 0.3 is 0 Å². The zero-order valence-electron chi connectivity index (χ0n) is 7.74. The number of aromatic nitrogens is 2. The Balaban J connectivity index is 2.77. The van der Waals surface area contributed by atoms with Gasteiger partial charge in [0.05, 0.1) is 4.47 Å². The molecule has 2 N–H and O–H groups in total. The van der Waals surface area contributed by atoms with Gasteiger partial charge in [0.15, 0.2) is 0 Å². The second-order valence-electron chi connectivity index (χ2n) is 2.90. The summed E-state index contributed by atoms with van der Waals surface area (Å²) in [6.07, 6.45) is 3.45. The summed E-state index contributed by atoms with van der Waals surface area (Å²) < 4.78 is 0.880. The summed E-state index contributed by atoms with van der Waals surface area (Å²) in [5.41, 5.74) is 5.53. The van der Waals surface area contributed by atoms with Crippen LogP contribution in [0, 0.1) is 0 Å². The first-order valence-corrected chi connectivity index (χ1v) is 4.85. The minimum atomic E-state index is 0.251. The van der Waals surface area contributed by atoms with Gasteiger partial charge < -0.3 is 10.6 Å². The van der Waals surface area contributed by atoms with Crippen molar-refractivity contribution in [3.8, 4) is 0 Å². The zero-order chi connectivity index (χ0) is 9.84. The summed E-state index contributed by atoms with van der Waals surface area (Å²) in [4.78, 5) is 10.3. The van der Waals surface area contributed by atoms with Crippen molar-refractivity contribution in [2.45, 2.75) is 13.0 Å². The zero-order valence-corrected chi connectivity index (χ0v) is 9.32. The number of nitrogens with two attached hydrogens (primary N) is 1. The molecule has 1 aromatic rings. The number of rotatable bonds is 3. The highest BCUT2D eigenvalue weighted by Gasteiger charge is 2.09. The molecule has 0 bridgehead atoms. The number of hydrogen-bond donors (Lipinski definition) is 1. The maximum absolute atomic E-state index is 5.53. The van der Waals surface area contributed by atoms with Crippen LogP contribution in [-0.4, -0.2) is 29.6 Å². The van der Waals surface area contributed by atoms with Crippen LogP contribution >= 0.6 is 15.9 Å². The molecule has 0 aliphatic rings. The van der Waals surface area contributed by atoms with E-state index >= 15 is 0 Å². The lowest BCUT2D eigenvalue weighted by molar-refractivity contribution is 0.677. The van der Waals surface area contributed by atoms with Gasteiger partial charge in [-0.05, 0) is 22.9 Å². The molecule has 0 saturated carbocycles. The summed E-state index contributed by atoms with van der Waals surface area (Å²) in [5, 5.41) is 0. The van der Waals surface area contributed by atoms with Gasteiger partial charge in [0.2, 0.25) is 5.95 Å². The molecule has 1 atom stereocenters. The fraction of sp³-hybridized carbons (Fsp3) is 0.500. The first-order chi connectivity index (χ1) is 6.15. The van der Waals surface area contributed by atoms with Crippen molar-refractivity contribution in [1.29, 1.82) is 0 Å². The number of halogens is 1. The van der Waals surface area contributed by atoms with Crippen molar-refractivity contribution in [2.75, 3.05) is 18.5 Å². The highest BCUT2D eigenvalue weighted by Crippen LogP contribution is 2.11. The summed E-state index contributed by atoms with van der Waals surface area (Å²) in [5.74, 6) is 0.696. The molecule has 0 amide bonds. The molecule has 0 aliphatic carbocycles. The van der Waals surface area contributed by atoms with Crippen molar-refractivity contribution in [1.82, 2.24) is 9.97 Å². The molecule has 13 heavy (non-hydrogen) atoms. The number of hydrogen-bond acceptors (Lipinski definition) is 4. The second-order valence-corrected chi connectivity index (χ2v) is 3.81. The van der Waals surface area contributed by atoms with Gasteiger partial charge in [-0.15, -0.1) is 0 Å². The fourth-order valence-corrected chi connectivity index (χ4v) is 1.05. The molecule has 72 valence electrons. The maximum Gasteiger partial charge on any atom is 0.225 e. The van der Waals surface area contributed by atoms with Crippen molar-refractivity contribution in [3.63, 3.8) is 0 Å². The second kappa shape index (κ2) is 4.53. The molecular weight excluding hydrogens is 232 g/mol. The van der Waals surface area contributed by atoms with E-state index in [4.69, 9.17) is 5.73 Å². The van der Waals surface area contributed by atoms with Gasteiger partial charge in [-0.1, -0.05) is 0 Å². The molecule has 1 rings (SSSR count). The van der Waals surface area contributed by atoms with Gasteiger partial charge in [0.25, 0.3) is 0 Å². The summed E-state index contributed by atoms with van der Waals surface area (Å²) in [6.45, 7) is 2.63. The lowest BCUT2D eigenvalue weighted by Gasteiger charge is -2.23. The van der Waals surface area contributed by atoms with E-state index in [2.05, 4.69) is 25.9 Å². The Hall–Kier alpha value is -0.680. The molecule has 0 aliphatic heterocycles. The minimum Gasteiger partial charge on any atom is -0.340 e. The molecule has 1 unspecified atom stereocenters. The van der Waals surface area contributed by atoms with E-state index in [9.17, 15) is 0 Å². The fourth-order valence-electron chi connectivity index (χ4n) is 0.843. The van der Waals surface area contributed by atoms with Crippen LogP contribution in [-0.2, 0) is 0 Å². The van der Waals surface area contributed by atoms with Crippen molar-refractivity contribution in [2.24, 2.45) is 5.73 Å². The standard InChI is InChI=1S/C8H13BrN4/c1-6(3-10)13(2)8-11-4-7(9)5-12-8/h4-6H,3,10H2,1-2H3. The molecule has 1 heterocycles. The molecule has 0 radical (unpaired) electrons. The minimum absolute atomic E-state index is 0.251. The predicted molar refractivity (Wildman–Crippen MR) is 56.7 cm³/mol. The SMILES string of the molecule is CC(CN)N(C)c1ncc(Br)cn1. The molecular formula is C8H13BrN4. The quantitative estimate of drug-likeness (QED) is 0.863. The molecule has 1 aromatic heterocycles. The summed E-state index contributed by atoms with van der Waals surface area (Å²) in [6, 6.07) is 0.251. The van der Waals surface area contributed by atoms with Gasteiger partial charge in [-0.2, -0.15) is 0 Å². The molecule has 5 heteroatoms. The summed E-state index contributed by atoms with van der Waals surface area (Å²) in [7, 11) is 1.93. The van der Waals surface area contributed by atoms with Crippen LogP contribution < -0.4 is 10.6 Å². The van der Waals surface area contributed by atoms with Crippen molar-refractivity contribution < 1.29 is 0 Å². The maximum atomic E-state index is 5.53.